The van der Waals surface area contributed by atoms with Crippen molar-refractivity contribution in [3.8, 4) is 22.8 Å². The van der Waals surface area contributed by atoms with Crippen molar-refractivity contribution in [2.24, 2.45) is 0 Å². The van der Waals surface area contributed by atoms with E-state index in [1.165, 1.54) is 27.2 Å². The van der Waals surface area contributed by atoms with Crippen LogP contribution in [0.5, 0.6) is 0 Å². The Balaban J connectivity index is 1.40. The van der Waals surface area contributed by atoms with Crippen LogP contribution < -0.4 is 0 Å². The molecule has 0 aliphatic carbocycles. The molecular formula is C36H24N6. The third-order valence-corrected chi connectivity index (χ3v) is 7.96. The number of rotatable bonds is 3. The number of hydrogen-bond donors (Lipinski definition) is 0. The highest BCUT2D eigenvalue weighted by Crippen LogP contribution is 2.38. The summed E-state index contributed by atoms with van der Waals surface area (Å²) in [6, 6.07) is 38.2. The van der Waals surface area contributed by atoms with Crippen LogP contribution in [0.1, 0.15) is 11.6 Å². The molecule has 5 aromatic carbocycles. The molecule has 0 amide bonds. The molecule has 0 fully saturated rings. The summed E-state index contributed by atoms with van der Waals surface area (Å²) >= 11 is 0. The SMILES string of the molecule is [C-]#[N+]c1cc(-n2c3ccccc3c3ccc(-n4c5ccccc5c5ccccc54)cc32)ccc1-c1nc(C)nc(C)n1. The molecule has 0 radical (unpaired) electrons. The first-order chi connectivity index (χ1) is 20.6. The molecule has 0 saturated carbocycles. The molecule has 0 bridgehead atoms. The number of aryl methyl sites for hydroxylation is 2. The van der Waals surface area contributed by atoms with E-state index in [9.17, 15) is 0 Å². The molecule has 0 atom stereocenters. The first kappa shape index (κ1) is 24.0. The molecule has 0 aliphatic heterocycles. The van der Waals surface area contributed by atoms with Gasteiger partial charge in [-0.25, -0.2) is 19.8 Å². The summed E-state index contributed by atoms with van der Waals surface area (Å²) in [6.45, 7) is 11.7. The van der Waals surface area contributed by atoms with Gasteiger partial charge in [0, 0.05) is 38.5 Å². The highest BCUT2D eigenvalue weighted by molar-refractivity contribution is 6.12. The predicted octanol–water partition coefficient (Wildman–Crippen LogP) is 8.90. The van der Waals surface area contributed by atoms with E-state index in [2.05, 4.69) is 126 Å². The van der Waals surface area contributed by atoms with Gasteiger partial charge >= 0.3 is 0 Å². The number of para-hydroxylation sites is 3. The zero-order chi connectivity index (χ0) is 28.4. The number of aromatic nitrogens is 5. The summed E-state index contributed by atoms with van der Waals surface area (Å²) in [4.78, 5) is 17.2. The van der Waals surface area contributed by atoms with Crippen LogP contribution in [0.25, 0.3) is 71.2 Å². The monoisotopic (exact) mass is 540 g/mol. The van der Waals surface area contributed by atoms with Crippen molar-refractivity contribution in [1.29, 1.82) is 0 Å². The van der Waals surface area contributed by atoms with Crippen molar-refractivity contribution in [3.63, 3.8) is 0 Å². The molecule has 8 aromatic rings. The summed E-state index contributed by atoms with van der Waals surface area (Å²) in [6.07, 6.45) is 0. The fourth-order valence-corrected chi connectivity index (χ4v) is 6.25. The fraction of sp³-hybridized carbons (Fsp3) is 0.0556. The fourth-order valence-electron chi connectivity index (χ4n) is 6.25. The second-order valence-corrected chi connectivity index (χ2v) is 10.5. The molecule has 6 nitrogen and oxygen atoms in total. The third kappa shape index (κ3) is 3.54. The van der Waals surface area contributed by atoms with E-state index in [4.69, 9.17) is 6.57 Å². The maximum absolute atomic E-state index is 8.01. The highest BCUT2D eigenvalue weighted by Gasteiger charge is 2.18. The molecule has 0 saturated heterocycles. The number of benzene rings is 5. The van der Waals surface area contributed by atoms with Crippen LogP contribution in [0.3, 0.4) is 0 Å². The van der Waals surface area contributed by atoms with Crippen LogP contribution in [0.4, 0.5) is 5.69 Å². The van der Waals surface area contributed by atoms with Crippen LogP contribution in [-0.4, -0.2) is 24.1 Å². The average molecular weight is 541 g/mol. The van der Waals surface area contributed by atoms with Gasteiger partial charge in [0.2, 0.25) is 0 Å². The van der Waals surface area contributed by atoms with Gasteiger partial charge in [-0.2, -0.15) is 0 Å². The van der Waals surface area contributed by atoms with Gasteiger partial charge < -0.3 is 9.13 Å². The summed E-state index contributed by atoms with van der Waals surface area (Å²) in [7, 11) is 0. The van der Waals surface area contributed by atoms with Gasteiger partial charge in [-0.15, -0.1) is 0 Å². The minimum absolute atomic E-state index is 0.502. The zero-order valence-electron chi connectivity index (χ0n) is 23.1. The van der Waals surface area contributed by atoms with Crippen LogP contribution in [0, 0.1) is 20.4 Å². The Morgan fingerprint density at radius 2 is 1.00 bits per heavy atom. The Kier molecular flexibility index (Phi) is 5.22. The molecule has 6 heteroatoms. The Hall–Kier alpha value is -5.80. The van der Waals surface area contributed by atoms with Crippen molar-refractivity contribution in [2.75, 3.05) is 0 Å². The van der Waals surface area contributed by atoms with Crippen LogP contribution >= 0.6 is 0 Å². The van der Waals surface area contributed by atoms with E-state index in [-0.39, 0.29) is 0 Å². The van der Waals surface area contributed by atoms with Crippen molar-refractivity contribution in [2.45, 2.75) is 13.8 Å². The van der Waals surface area contributed by atoms with Gasteiger partial charge in [0.1, 0.15) is 11.6 Å². The molecule has 0 aliphatic rings. The van der Waals surface area contributed by atoms with Gasteiger partial charge in [-0.3, -0.25) is 0 Å². The van der Waals surface area contributed by atoms with E-state index >= 15 is 0 Å². The molecular weight excluding hydrogens is 516 g/mol. The molecule has 0 unspecified atom stereocenters. The molecule has 3 aromatic heterocycles. The Morgan fingerprint density at radius 3 is 1.57 bits per heavy atom. The lowest BCUT2D eigenvalue weighted by molar-refractivity contribution is 0.929. The zero-order valence-corrected chi connectivity index (χ0v) is 23.1. The smallest absolute Gasteiger partial charge is 0.200 e. The summed E-state index contributed by atoms with van der Waals surface area (Å²) in [5, 5.41) is 4.79. The van der Waals surface area contributed by atoms with E-state index in [1.54, 1.807) is 0 Å². The lowest BCUT2D eigenvalue weighted by Gasteiger charge is -2.13. The van der Waals surface area contributed by atoms with E-state index < -0.39 is 0 Å². The van der Waals surface area contributed by atoms with Gasteiger partial charge in [0.05, 0.1) is 28.6 Å². The Labute approximate surface area is 242 Å². The van der Waals surface area contributed by atoms with Gasteiger partial charge in [-0.1, -0.05) is 66.7 Å². The van der Waals surface area contributed by atoms with Crippen molar-refractivity contribution in [3.05, 3.63) is 132 Å². The molecule has 42 heavy (non-hydrogen) atoms. The van der Waals surface area contributed by atoms with Gasteiger partial charge in [0.25, 0.3) is 0 Å². The molecule has 3 heterocycles. The minimum atomic E-state index is 0.502. The second-order valence-electron chi connectivity index (χ2n) is 10.5. The minimum Gasteiger partial charge on any atom is -0.310 e. The predicted molar refractivity (Wildman–Crippen MR) is 170 cm³/mol. The van der Waals surface area contributed by atoms with Crippen LogP contribution in [0.15, 0.2) is 109 Å². The van der Waals surface area contributed by atoms with Crippen LogP contribution in [0.2, 0.25) is 0 Å². The maximum Gasteiger partial charge on any atom is 0.200 e. The van der Waals surface area contributed by atoms with Gasteiger partial charge in [0.15, 0.2) is 11.5 Å². The Bertz CT molecular complexity index is 2330. The number of hydrogen-bond acceptors (Lipinski definition) is 3. The van der Waals surface area contributed by atoms with E-state index in [1.807, 2.05) is 26.0 Å². The quantitative estimate of drug-likeness (QED) is 0.210. The average Bonchev–Trinajstić information content (AvgIpc) is 3.53. The standard InChI is InChI=1S/C36H24N6/c1-22-38-23(2)40-36(39-22)30-19-17-24(20-31(30)37-3)42-34-15-9-6-12-28(34)29-18-16-25(21-35(29)42)41-32-13-7-4-10-26(32)27-11-5-8-14-33(27)41/h4-21H,1-2H3. The molecule has 0 spiro atoms. The number of fused-ring (bicyclic) bond motifs is 6. The largest absolute Gasteiger partial charge is 0.310 e. The second kappa shape index (κ2) is 9.12. The van der Waals surface area contributed by atoms with Crippen LogP contribution in [-0.2, 0) is 0 Å². The lowest BCUT2D eigenvalue weighted by Crippen LogP contribution is -2.00. The first-order valence-electron chi connectivity index (χ1n) is 13.8. The van der Waals surface area contributed by atoms with E-state index in [0.717, 1.165) is 27.8 Å². The normalized spacial score (nSPS) is 11.5. The summed E-state index contributed by atoms with van der Waals surface area (Å²) in [5.41, 5.74) is 7.70. The van der Waals surface area contributed by atoms with Crippen molar-refractivity contribution >= 4 is 49.3 Å². The molecule has 0 N–H and O–H groups in total. The molecule has 198 valence electrons. The summed E-state index contributed by atoms with van der Waals surface area (Å²) in [5.74, 6) is 1.79. The van der Waals surface area contributed by atoms with E-state index in [0.29, 0.717) is 28.7 Å². The van der Waals surface area contributed by atoms with Gasteiger partial charge in [-0.05, 0) is 56.3 Å². The molecule has 8 rings (SSSR count). The van der Waals surface area contributed by atoms with Crippen molar-refractivity contribution in [1.82, 2.24) is 24.1 Å². The van der Waals surface area contributed by atoms with Crippen molar-refractivity contribution < 1.29 is 0 Å². The Morgan fingerprint density at radius 1 is 0.524 bits per heavy atom. The lowest BCUT2D eigenvalue weighted by atomic mass is 10.1. The maximum atomic E-state index is 8.01. The third-order valence-electron chi connectivity index (χ3n) is 7.96. The topological polar surface area (TPSA) is 52.9 Å². The summed E-state index contributed by atoms with van der Waals surface area (Å²) < 4.78 is 4.59. The highest BCUT2D eigenvalue weighted by atomic mass is 15.0. The first-order valence-corrected chi connectivity index (χ1v) is 13.8. The number of nitrogens with zero attached hydrogens (tertiary/aromatic N) is 6.